The van der Waals surface area contributed by atoms with E-state index in [1.54, 1.807) is 20.3 Å². The number of amides is 1. The minimum Gasteiger partial charge on any atom is -0.497 e. The Balaban J connectivity index is 1.33. The van der Waals surface area contributed by atoms with E-state index in [0.717, 1.165) is 55.1 Å². The highest BCUT2D eigenvalue weighted by atomic mass is 19.1. The molecule has 2 bridgehead atoms. The van der Waals surface area contributed by atoms with E-state index in [9.17, 15) is 4.79 Å². The molecule has 0 aliphatic carbocycles. The molecule has 2 heterocycles. The average Bonchev–Trinajstić information content (AvgIpc) is 3.56. The number of carbonyl (C=O) groups excluding carboxylic acids is 1. The number of benzene rings is 3. The quantitative estimate of drug-likeness (QED) is 0.391. The Morgan fingerprint density at radius 2 is 1.47 bits per heavy atom. The minimum absolute atomic E-state index is 0.0355. The number of nitrogens with zero attached hydrogens (tertiary/aromatic N) is 1. The normalized spacial score (nSPS) is 19.7. The molecule has 7 nitrogen and oxygen atoms in total. The summed E-state index contributed by atoms with van der Waals surface area (Å²) < 4.78 is 37.7. The van der Waals surface area contributed by atoms with E-state index >= 15 is 4.39 Å². The van der Waals surface area contributed by atoms with Gasteiger partial charge in [-0.05, 0) is 73.5 Å². The molecular formula is C30H33FN2O5. The average molecular weight is 521 g/mol. The van der Waals surface area contributed by atoms with Crippen molar-refractivity contribution in [1.82, 2.24) is 10.2 Å². The predicted molar refractivity (Wildman–Crippen MR) is 141 cm³/mol. The van der Waals surface area contributed by atoms with Gasteiger partial charge in [-0.15, -0.1) is 0 Å². The van der Waals surface area contributed by atoms with Crippen LogP contribution in [0.2, 0.25) is 0 Å². The van der Waals surface area contributed by atoms with Gasteiger partial charge in [0.05, 0.1) is 14.2 Å². The number of hydrogen-bond donors (Lipinski definition) is 1. The lowest BCUT2D eigenvalue weighted by molar-refractivity contribution is 0.0933. The van der Waals surface area contributed by atoms with Gasteiger partial charge < -0.3 is 29.2 Å². The third kappa shape index (κ3) is 5.86. The second-order valence-electron chi connectivity index (χ2n) is 10.0. The molecule has 2 saturated heterocycles. The van der Waals surface area contributed by atoms with Gasteiger partial charge in [0, 0.05) is 24.1 Å². The van der Waals surface area contributed by atoms with Crippen molar-refractivity contribution >= 4 is 5.91 Å². The molecule has 38 heavy (non-hydrogen) atoms. The number of methoxy groups -OCH3 is 2. The van der Waals surface area contributed by atoms with Crippen LogP contribution in [0.3, 0.4) is 0 Å². The van der Waals surface area contributed by atoms with Gasteiger partial charge in [-0.1, -0.05) is 24.3 Å². The van der Waals surface area contributed by atoms with Crippen LogP contribution in [0.4, 0.5) is 4.39 Å². The largest absolute Gasteiger partial charge is 0.497 e. The zero-order valence-electron chi connectivity index (χ0n) is 21.8. The summed E-state index contributed by atoms with van der Waals surface area (Å²) in [5, 5.41) is 3.03. The Bertz CT molecular complexity index is 1250. The molecule has 3 aromatic rings. The van der Waals surface area contributed by atoms with Crippen LogP contribution in [0.25, 0.3) is 0 Å². The first-order chi connectivity index (χ1) is 18.5. The van der Waals surface area contributed by atoms with Crippen molar-refractivity contribution in [2.45, 2.75) is 26.1 Å². The second kappa shape index (κ2) is 11.3. The summed E-state index contributed by atoms with van der Waals surface area (Å²) in [6.07, 6.45) is 2.16. The molecule has 0 spiro atoms. The molecule has 0 atom stereocenters. The number of fused-ring (bicyclic) bond motifs is 2. The fourth-order valence-corrected chi connectivity index (χ4v) is 5.13. The van der Waals surface area contributed by atoms with Gasteiger partial charge in [-0.25, -0.2) is 4.39 Å². The SMILES string of the molecule is COc1ccc(COc2cc(C(=O)NCC34CCN(CC3)C4)cc(F)c2OCc2ccc(OC)cc2)cc1. The van der Waals surface area contributed by atoms with Crippen LogP contribution in [0.5, 0.6) is 23.0 Å². The lowest BCUT2D eigenvalue weighted by atomic mass is 9.84. The van der Waals surface area contributed by atoms with E-state index in [1.807, 2.05) is 48.5 Å². The highest BCUT2D eigenvalue weighted by Gasteiger charge is 2.43. The zero-order chi connectivity index (χ0) is 26.5. The van der Waals surface area contributed by atoms with E-state index in [0.29, 0.717) is 6.54 Å². The molecule has 0 unspecified atom stereocenters. The molecule has 0 aromatic heterocycles. The Labute approximate surface area is 222 Å². The van der Waals surface area contributed by atoms with E-state index in [1.165, 1.54) is 6.07 Å². The van der Waals surface area contributed by atoms with Crippen LogP contribution in [0, 0.1) is 11.2 Å². The molecule has 1 amide bonds. The summed E-state index contributed by atoms with van der Waals surface area (Å²) in [5.41, 5.74) is 2.04. The summed E-state index contributed by atoms with van der Waals surface area (Å²) >= 11 is 0. The van der Waals surface area contributed by atoms with Gasteiger partial charge >= 0.3 is 0 Å². The highest BCUT2D eigenvalue weighted by molar-refractivity contribution is 5.95. The minimum atomic E-state index is -0.651. The standard InChI is InChI=1S/C30H33FN2O5/c1-35-24-7-3-21(4-8-24)17-37-27-16-23(29(34)32-19-30-11-13-33(20-30)14-12-30)15-26(31)28(27)38-18-22-5-9-25(36-2)10-6-22/h3-10,15-16H,11-14,17-20H2,1-2H3,(H,32,34). The van der Waals surface area contributed by atoms with Gasteiger partial charge in [0.2, 0.25) is 0 Å². The van der Waals surface area contributed by atoms with Crippen LogP contribution in [-0.2, 0) is 13.2 Å². The third-order valence-corrected chi connectivity index (χ3v) is 7.47. The maximum Gasteiger partial charge on any atom is 0.251 e. The van der Waals surface area contributed by atoms with Crippen molar-refractivity contribution in [3.63, 3.8) is 0 Å². The Morgan fingerprint density at radius 3 is 2.00 bits per heavy atom. The molecule has 2 aliphatic rings. The van der Waals surface area contributed by atoms with Crippen molar-refractivity contribution in [1.29, 1.82) is 0 Å². The molecule has 0 saturated carbocycles. The first-order valence-electron chi connectivity index (χ1n) is 12.8. The lowest BCUT2D eigenvalue weighted by Crippen LogP contribution is -2.37. The number of ether oxygens (including phenoxy) is 4. The Morgan fingerprint density at radius 1 is 0.895 bits per heavy atom. The third-order valence-electron chi connectivity index (χ3n) is 7.47. The van der Waals surface area contributed by atoms with Gasteiger partial charge in [0.1, 0.15) is 24.7 Å². The maximum atomic E-state index is 15.4. The number of carbonyl (C=O) groups is 1. The number of halogens is 1. The fourth-order valence-electron chi connectivity index (χ4n) is 5.13. The summed E-state index contributed by atoms with van der Waals surface area (Å²) in [7, 11) is 3.20. The van der Waals surface area contributed by atoms with Crippen molar-refractivity contribution in [3.8, 4) is 23.0 Å². The summed E-state index contributed by atoms with van der Waals surface area (Å²) in [5.74, 6) is 0.620. The molecule has 5 rings (SSSR count). The van der Waals surface area contributed by atoms with E-state index in [4.69, 9.17) is 18.9 Å². The molecule has 3 aromatic carbocycles. The first-order valence-corrected chi connectivity index (χ1v) is 12.8. The van der Waals surface area contributed by atoms with Gasteiger partial charge in [-0.3, -0.25) is 4.79 Å². The molecule has 8 heteroatoms. The smallest absolute Gasteiger partial charge is 0.251 e. The first kappa shape index (κ1) is 25.9. The van der Waals surface area contributed by atoms with Crippen LogP contribution >= 0.6 is 0 Å². The fraction of sp³-hybridized carbons (Fsp3) is 0.367. The lowest BCUT2D eigenvalue weighted by Gasteiger charge is -2.25. The summed E-state index contributed by atoms with van der Waals surface area (Å²) in [6, 6.07) is 17.5. The van der Waals surface area contributed by atoms with Crippen molar-refractivity contribution in [2.75, 3.05) is 40.4 Å². The second-order valence-corrected chi connectivity index (χ2v) is 10.0. The molecule has 1 N–H and O–H groups in total. The summed E-state index contributed by atoms with van der Waals surface area (Å²) in [4.78, 5) is 15.5. The summed E-state index contributed by atoms with van der Waals surface area (Å²) in [6.45, 7) is 4.05. The number of hydrogen-bond acceptors (Lipinski definition) is 6. The number of piperidine rings is 1. The van der Waals surface area contributed by atoms with Gasteiger partial charge in [-0.2, -0.15) is 0 Å². The van der Waals surface area contributed by atoms with Crippen molar-refractivity contribution < 1.29 is 28.1 Å². The Kier molecular flexibility index (Phi) is 7.69. The Hall–Kier alpha value is -3.78. The van der Waals surface area contributed by atoms with Crippen molar-refractivity contribution in [3.05, 3.63) is 83.2 Å². The molecule has 2 fully saturated rings. The predicted octanol–water partition coefficient (Wildman–Crippen LogP) is 4.83. The van der Waals surface area contributed by atoms with Gasteiger partial charge in [0.15, 0.2) is 17.3 Å². The molecular weight excluding hydrogens is 487 g/mol. The van der Waals surface area contributed by atoms with E-state index < -0.39 is 5.82 Å². The number of rotatable bonds is 11. The maximum absolute atomic E-state index is 15.4. The van der Waals surface area contributed by atoms with Gasteiger partial charge in [0.25, 0.3) is 5.91 Å². The molecule has 0 radical (unpaired) electrons. The van der Waals surface area contributed by atoms with E-state index in [-0.39, 0.29) is 41.6 Å². The topological polar surface area (TPSA) is 69.3 Å². The van der Waals surface area contributed by atoms with Crippen LogP contribution in [0.15, 0.2) is 60.7 Å². The van der Waals surface area contributed by atoms with Crippen LogP contribution in [0.1, 0.15) is 34.3 Å². The van der Waals surface area contributed by atoms with Crippen LogP contribution < -0.4 is 24.3 Å². The number of nitrogens with one attached hydrogen (secondary N) is 1. The van der Waals surface area contributed by atoms with Crippen molar-refractivity contribution in [2.24, 2.45) is 5.41 Å². The molecule has 200 valence electrons. The zero-order valence-corrected chi connectivity index (χ0v) is 21.8. The monoisotopic (exact) mass is 520 g/mol. The van der Waals surface area contributed by atoms with Crippen LogP contribution in [-0.4, -0.2) is 51.2 Å². The highest BCUT2D eigenvalue weighted by Crippen LogP contribution is 2.40. The molecule has 2 aliphatic heterocycles. The van der Waals surface area contributed by atoms with E-state index in [2.05, 4.69) is 10.2 Å².